The van der Waals surface area contributed by atoms with Crippen molar-refractivity contribution in [3.8, 4) is 0 Å². The Labute approximate surface area is 131 Å². The van der Waals surface area contributed by atoms with E-state index in [-0.39, 0.29) is 5.92 Å². The number of carbonyl (C=O) groups is 1. The Morgan fingerprint density at radius 2 is 1.90 bits per heavy atom. The molecular formula is C16H24ClNO3. The SMILES string of the molecule is CCC(O)C(CNC(=O)OC(C)(C)C)c1ccc(Cl)cc1. The van der Waals surface area contributed by atoms with E-state index in [1.165, 1.54) is 0 Å². The number of ether oxygens (including phenoxy) is 1. The number of nitrogens with one attached hydrogen (secondary N) is 1. The van der Waals surface area contributed by atoms with Crippen LogP contribution in [0.15, 0.2) is 24.3 Å². The first-order valence-electron chi connectivity index (χ1n) is 7.13. The zero-order chi connectivity index (χ0) is 16.0. The number of carbonyl (C=O) groups excluding carboxylic acids is 1. The monoisotopic (exact) mass is 313 g/mol. The maximum absolute atomic E-state index is 11.7. The minimum atomic E-state index is -0.541. The first-order valence-corrected chi connectivity index (χ1v) is 7.51. The first-order chi connectivity index (χ1) is 9.73. The third-order valence-electron chi connectivity index (χ3n) is 3.05. The van der Waals surface area contributed by atoms with Crippen molar-refractivity contribution in [2.75, 3.05) is 6.54 Å². The van der Waals surface area contributed by atoms with Crippen LogP contribution < -0.4 is 5.32 Å². The highest BCUT2D eigenvalue weighted by Gasteiger charge is 2.22. The molecule has 1 amide bonds. The zero-order valence-electron chi connectivity index (χ0n) is 13.0. The predicted molar refractivity (Wildman–Crippen MR) is 84.7 cm³/mol. The van der Waals surface area contributed by atoms with Crippen LogP contribution in [0.5, 0.6) is 0 Å². The molecule has 0 heterocycles. The van der Waals surface area contributed by atoms with E-state index in [4.69, 9.17) is 16.3 Å². The summed E-state index contributed by atoms with van der Waals surface area (Å²) in [5.74, 6) is -0.195. The van der Waals surface area contributed by atoms with Gasteiger partial charge >= 0.3 is 6.09 Å². The predicted octanol–water partition coefficient (Wildman–Crippen LogP) is 3.72. The van der Waals surface area contributed by atoms with Crippen molar-refractivity contribution in [3.63, 3.8) is 0 Å². The highest BCUT2D eigenvalue weighted by Crippen LogP contribution is 2.23. The average Bonchev–Trinajstić information content (AvgIpc) is 2.38. The molecule has 2 atom stereocenters. The molecule has 0 bridgehead atoms. The molecule has 0 radical (unpaired) electrons. The number of rotatable bonds is 5. The number of amides is 1. The minimum absolute atomic E-state index is 0.195. The Balaban J connectivity index is 2.71. The van der Waals surface area contributed by atoms with Gasteiger partial charge in [-0.1, -0.05) is 30.7 Å². The van der Waals surface area contributed by atoms with Crippen LogP contribution >= 0.6 is 11.6 Å². The maximum atomic E-state index is 11.7. The Bertz CT molecular complexity index is 454. The second-order valence-electron chi connectivity index (χ2n) is 6.02. The van der Waals surface area contributed by atoms with E-state index in [0.29, 0.717) is 18.0 Å². The average molecular weight is 314 g/mol. The van der Waals surface area contributed by atoms with Gasteiger partial charge in [-0.3, -0.25) is 0 Å². The number of hydrogen-bond donors (Lipinski definition) is 2. The summed E-state index contributed by atoms with van der Waals surface area (Å²) in [4.78, 5) is 11.7. The molecular weight excluding hydrogens is 290 g/mol. The zero-order valence-corrected chi connectivity index (χ0v) is 13.8. The van der Waals surface area contributed by atoms with E-state index in [0.717, 1.165) is 5.56 Å². The summed E-state index contributed by atoms with van der Waals surface area (Å²) >= 11 is 5.88. The van der Waals surface area contributed by atoms with Crippen LogP contribution in [0.1, 0.15) is 45.6 Å². The second-order valence-corrected chi connectivity index (χ2v) is 6.45. The van der Waals surface area contributed by atoms with Gasteiger partial charge in [0.1, 0.15) is 5.60 Å². The molecule has 1 aromatic carbocycles. The van der Waals surface area contributed by atoms with Gasteiger partial charge in [0.2, 0.25) is 0 Å². The smallest absolute Gasteiger partial charge is 0.407 e. The van der Waals surface area contributed by atoms with Gasteiger partial charge in [-0.2, -0.15) is 0 Å². The second kappa shape index (κ2) is 7.66. The molecule has 0 fully saturated rings. The lowest BCUT2D eigenvalue weighted by Gasteiger charge is -2.25. The number of benzene rings is 1. The highest BCUT2D eigenvalue weighted by atomic mass is 35.5. The number of aliphatic hydroxyl groups is 1. The molecule has 0 aromatic heterocycles. The van der Waals surface area contributed by atoms with Gasteiger partial charge in [0, 0.05) is 17.5 Å². The fraction of sp³-hybridized carbons (Fsp3) is 0.562. The van der Waals surface area contributed by atoms with E-state index >= 15 is 0 Å². The summed E-state index contributed by atoms with van der Waals surface area (Å²) in [6.07, 6.45) is -0.422. The molecule has 0 aliphatic heterocycles. The van der Waals surface area contributed by atoms with Gasteiger partial charge < -0.3 is 15.2 Å². The van der Waals surface area contributed by atoms with E-state index in [1.807, 2.05) is 39.8 Å². The normalized spacial score (nSPS) is 14.4. The lowest BCUT2D eigenvalue weighted by atomic mass is 9.92. The van der Waals surface area contributed by atoms with Crippen molar-refractivity contribution in [1.82, 2.24) is 5.32 Å². The van der Waals surface area contributed by atoms with Gasteiger partial charge in [-0.05, 0) is 44.9 Å². The van der Waals surface area contributed by atoms with E-state index in [9.17, 15) is 9.90 Å². The van der Waals surface area contributed by atoms with Crippen molar-refractivity contribution in [2.45, 2.75) is 51.7 Å². The van der Waals surface area contributed by atoms with E-state index in [1.54, 1.807) is 12.1 Å². The summed E-state index contributed by atoms with van der Waals surface area (Å²) in [7, 11) is 0. The van der Waals surface area contributed by atoms with Crippen LogP contribution in [0.25, 0.3) is 0 Å². The number of halogens is 1. The molecule has 1 aromatic rings. The summed E-state index contributed by atoms with van der Waals surface area (Å²) in [5.41, 5.74) is 0.397. The Morgan fingerprint density at radius 1 is 1.33 bits per heavy atom. The quantitative estimate of drug-likeness (QED) is 0.871. The van der Waals surface area contributed by atoms with Crippen molar-refractivity contribution in [3.05, 3.63) is 34.9 Å². The minimum Gasteiger partial charge on any atom is -0.444 e. The molecule has 2 N–H and O–H groups in total. The number of hydrogen-bond acceptors (Lipinski definition) is 3. The summed E-state index contributed by atoms with van der Waals surface area (Å²) in [5, 5.41) is 13.5. The molecule has 1 rings (SSSR count). The van der Waals surface area contributed by atoms with E-state index < -0.39 is 17.8 Å². The van der Waals surface area contributed by atoms with Crippen molar-refractivity contribution in [2.24, 2.45) is 0 Å². The van der Waals surface area contributed by atoms with Crippen molar-refractivity contribution in [1.29, 1.82) is 0 Å². The van der Waals surface area contributed by atoms with Crippen LogP contribution in [-0.2, 0) is 4.74 Å². The van der Waals surface area contributed by atoms with Crippen molar-refractivity contribution >= 4 is 17.7 Å². The van der Waals surface area contributed by atoms with Gasteiger partial charge in [0.15, 0.2) is 0 Å². The van der Waals surface area contributed by atoms with Crippen LogP contribution in [0.3, 0.4) is 0 Å². The lowest BCUT2D eigenvalue weighted by molar-refractivity contribution is 0.0508. The molecule has 118 valence electrons. The Hall–Kier alpha value is -1.26. The van der Waals surface area contributed by atoms with Crippen molar-refractivity contribution < 1.29 is 14.6 Å². The molecule has 2 unspecified atom stereocenters. The van der Waals surface area contributed by atoms with Crippen LogP contribution in [0.4, 0.5) is 4.79 Å². The number of alkyl carbamates (subject to hydrolysis) is 1. The first kappa shape index (κ1) is 17.8. The highest BCUT2D eigenvalue weighted by molar-refractivity contribution is 6.30. The van der Waals surface area contributed by atoms with Gasteiger partial charge in [-0.15, -0.1) is 0 Å². The standard InChI is InChI=1S/C16H24ClNO3/c1-5-14(19)13(11-6-8-12(17)9-7-11)10-18-15(20)21-16(2,3)4/h6-9,13-14,19H,5,10H2,1-4H3,(H,18,20). The summed E-state index contributed by atoms with van der Waals surface area (Å²) in [6, 6.07) is 7.28. The molecule has 0 spiro atoms. The molecule has 0 aliphatic carbocycles. The topological polar surface area (TPSA) is 58.6 Å². The Kier molecular flexibility index (Phi) is 6.49. The van der Waals surface area contributed by atoms with Crippen LogP contribution in [0, 0.1) is 0 Å². The lowest BCUT2D eigenvalue weighted by Crippen LogP contribution is -2.37. The Morgan fingerprint density at radius 3 is 2.38 bits per heavy atom. The molecule has 0 saturated heterocycles. The van der Waals surface area contributed by atoms with Gasteiger partial charge in [0.25, 0.3) is 0 Å². The molecule has 0 saturated carbocycles. The maximum Gasteiger partial charge on any atom is 0.407 e. The fourth-order valence-corrected chi connectivity index (χ4v) is 2.10. The largest absolute Gasteiger partial charge is 0.444 e. The molecule has 0 aliphatic rings. The summed E-state index contributed by atoms with van der Waals surface area (Å²) < 4.78 is 5.20. The molecule has 5 heteroatoms. The van der Waals surface area contributed by atoms with Crippen LogP contribution in [-0.4, -0.2) is 29.4 Å². The van der Waals surface area contributed by atoms with E-state index in [2.05, 4.69) is 5.32 Å². The molecule has 4 nitrogen and oxygen atoms in total. The fourth-order valence-electron chi connectivity index (χ4n) is 1.98. The van der Waals surface area contributed by atoms with Crippen LogP contribution in [0.2, 0.25) is 5.02 Å². The third kappa shape index (κ3) is 6.36. The third-order valence-corrected chi connectivity index (χ3v) is 3.30. The van der Waals surface area contributed by atoms with Gasteiger partial charge in [0.05, 0.1) is 6.10 Å². The summed E-state index contributed by atoms with van der Waals surface area (Å²) in [6.45, 7) is 7.64. The van der Waals surface area contributed by atoms with Gasteiger partial charge in [-0.25, -0.2) is 4.79 Å². The number of aliphatic hydroxyl groups excluding tert-OH is 1. The molecule has 21 heavy (non-hydrogen) atoms.